The van der Waals surface area contributed by atoms with E-state index < -0.39 is 0 Å². The van der Waals surface area contributed by atoms with Gasteiger partial charge in [-0.1, -0.05) is 18.2 Å². The molecule has 3 aliphatic rings. The van der Waals surface area contributed by atoms with Crippen molar-refractivity contribution in [1.82, 2.24) is 5.32 Å². The predicted octanol–water partition coefficient (Wildman–Crippen LogP) is 3.39. The van der Waals surface area contributed by atoms with Crippen molar-refractivity contribution in [1.29, 1.82) is 0 Å². The Morgan fingerprint density at radius 3 is 2.85 bits per heavy atom. The maximum atomic E-state index is 5.94. The number of ether oxygens (including phenoxy) is 1. The monoisotopic (exact) mass is 271 g/mol. The summed E-state index contributed by atoms with van der Waals surface area (Å²) in [6, 6.07) is 8.10. The van der Waals surface area contributed by atoms with E-state index in [0.29, 0.717) is 18.2 Å². The van der Waals surface area contributed by atoms with E-state index in [-0.39, 0.29) is 0 Å². The molecule has 0 spiro atoms. The van der Waals surface area contributed by atoms with Gasteiger partial charge in [-0.25, -0.2) is 0 Å². The lowest BCUT2D eigenvalue weighted by atomic mass is 9.99. The van der Waals surface area contributed by atoms with Crippen molar-refractivity contribution in [2.75, 3.05) is 6.61 Å². The molecule has 1 aromatic carbocycles. The van der Waals surface area contributed by atoms with Crippen LogP contribution in [0.2, 0.25) is 0 Å². The van der Waals surface area contributed by atoms with Gasteiger partial charge < -0.3 is 10.1 Å². The van der Waals surface area contributed by atoms with Gasteiger partial charge in [-0.2, -0.15) is 0 Å². The second-order valence-electron chi connectivity index (χ2n) is 6.84. The van der Waals surface area contributed by atoms with Gasteiger partial charge in [0.05, 0.1) is 6.10 Å². The molecule has 2 nitrogen and oxygen atoms in total. The lowest BCUT2D eigenvalue weighted by Gasteiger charge is -2.24. The number of hydrogen-bond donors (Lipinski definition) is 1. The van der Waals surface area contributed by atoms with Gasteiger partial charge in [0, 0.05) is 18.7 Å². The van der Waals surface area contributed by atoms with Gasteiger partial charge in [0.1, 0.15) is 0 Å². The fraction of sp³-hybridized carbons (Fsp3) is 0.667. The normalized spacial score (nSPS) is 30.4. The number of aryl methyl sites for hydroxylation is 2. The summed E-state index contributed by atoms with van der Waals surface area (Å²) in [5.41, 5.74) is 4.60. The van der Waals surface area contributed by atoms with Crippen molar-refractivity contribution in [3.63, 3.8) is 0 Å². The van der Waals surface area contributed by atoms with Gasteiger partial charge in [-0.15, -0.1) is 0 Å². The summed E-state index contributed by atoms with van der Waals surface area (Å²) in [6.07, 6.45) is 8.28. The minimum absolute atomic E-state index is 0.439. The van der Waals surface area contributed by atoms with E-state index in [0.717, 1.165) is 12.5 Å². The summed E-state index contributed by atoms with van der Waals surface area (Å²) in [5, 5.41) is 3.83. The second kappa shape index (κ2) is 5.16. The topological polar surface area (TPSA) is 21.3 Å². The molecule has 4 rings (SSSR count). The van der Waals surface area contributed by atoms with E-state index in [2.05, 4.69) is 30.4 Å². The van der Waals surface area contributed by atoms with Crippen molar-refractivity contribution in [2.24, 2.45) is 5.92 Å². The molecule has 20 heavy (non-hydrogen) atoms. The number of benzene rings is 1. The number of nitrogens with one attached hydrogen (secondary N) is 1. The molecule has 0 aromatic heterocycles. The van der Waals surface area contributed by atoms with Crippen molar-refractivity contribution >= 4 is 0 Å². The highest BCUT2D eigenvalue weighted by molar-refractivity contribution is 5.36. The standard InChI is InChI=1S/C18H25NO/c1-12(15-8-5-13-3-2-4-16(13)11-15)19-17-9-10-20-18(17)14-6-7-14/h5,8,11-12,14,17-19H,2-4,6-7,9-10H2,1H3. The third-order valence-electron chi connectivity index (χ3n) is 5.31. The highest BCUT2D eigenvalue weighted by atomic mass is 16.5. The highest BCUT2D eigenvalue weighted by Crippen LogP contribution is 2.39. The summed E-state index contributed by atoms with van der Waals surface area (Å²) in [4.78, 5) is 0. The van der Waals surface area contributed by atoms with Gasteiger partial charge in [0.15, 0.2) is 0 Å². The zero-order valence-corrected chi connectivity index (χ0v) is 12.4. The maximum absolute atomic E-state index is 5.94. The largest absolute Gasteiger partial charge is 0.376 e. The third kappa shape index (κ3) is 2.40. The van der Waals surface area contributed by atoms with Crippen LogP contribution in [0.3, 0.4) is 0 Å². The molecule has 2 aliphatic carbocycles. The van der Waals surface area contributed by atoms with Crippen LogP contribution >= 0.6 is 0 Å². The van der Waals surface area contributed by atoms with Crippen molar-refractivity contribution < 1.29 is 4.74 Å². The first kappa shape index (κ1) is 12.8. The molecule has 1 N–H and O–H groups in total. The Morgan fingerprint density at radius 2 is 2.00 bits per heavy atom. The van der Waals surface area contributed by atoms with Crippen LogP contribution in [0.25, 0.3) is 0 Å². The SMILES string of the molecule is CC(NC1CCOC1C1CC1)c1ccc2c(c1)CCC2. The van der Waals surface area contributed by atoms with E-state index in [1.165, 1.54) is 44.1 Å². The van der Waals surface area contributed by atoms with Crippen LogP contribution < -0.4 is 5.32 Å². The molecule has 1 heterocycles. The van der Waals surface area contributed by atoms with Crippen LogP contribution in [0.15, 0.2) is 18.2 Å². The molecule has 108 valence electrons. The van der Waals surface area contributed by atoms with Crippen molar-refractivity contribution in [3.05, 3.63) is 34.9 Å². The molecule has 1 saturated carbocycles. The second-order valence-corrected chi connectivity index (χ2v) is 6.84. The van der Waals surface area contributed by atoms with E-state index in [9.17, 15) is 0 Å². The predicted molar refractivity (Wildman–Crippen MR) is 80.9 cm³/mol. The Balaban J connectivity index is 1.45. The van der Waals surface area contributed by atoms with Crippen LogP contribution in [0.4, 0.5) is 0 Å². The maximum Gasteiger partial charge on any atom is 0.0757 e. The smallest absolute Gasteiger partial charge is 0.0757 e. The Kier molecular flexibility index (Phi) is 3.31. The van der Waals surface area contributed by atoms with Crippen LogP contribution in [-0.4, -0.2) is 18.8 Å². The van der Waals surface area contributed by atoms with Gasteiger partial charge in [0.25, 0.3) is 0 Å². The summed E-state index contributed by atoms with van der Waals surface area (Å²) in [5.74, 6) is 0.835. The minimum Gasteiger partial charge on any atom is -0.376 e. The molecule has 2 heteroatoms. The third-order valence-corrected chi connectivity index (χ3v) is 5.31. The molecule has 2 fully saturated rings. The van der Waals surface area contributed by atoms with E-state index in [1.807, 2.05) is 0 Å². The molecule has 0 radical (unpaired) electrons. The van der Waals surface area contributed by atoms with Gasteiger partial charge >= 0.3 is 0 Å². The van der Waals surface area contributed by atoms with E-state index in [4.69, 9.17) is 4.74 Å². The van der Waals surface area contributed by atoms with Crippen LogP contribution in [0, 0.1) is 5.92 Å². The summed E-state index contributed by atoms with van der Waals surface area (Å²) < 4.78 is 5.94. The molecule has 1 aromatic rings. The molecule has 3 unspecified atom stereocenters. The van der Waals surface area contributed by atoms with E-state index >= 15 is 0 Å². The van der Waals surface area contributed by atoms with Crippen LogP contribution in [-0.2, 0) is 17.6 Å². The van der Waals surface area contributed by atoms with Crippen molar-refractivity contribution in [2.45, 2.75) is 63.6 Å². The van der Waals surface area contributed by atoms with Crippen molar-refractivity contribution in [3.8, 4) is 0 Å². The van der Waals surface area contributed by atoms with Gasteiger partial charge in [0.2, 0.25) is 0 Å². The molecule has 1 aliphatic heterocycles. The van der Waals surface area contributed by atoms with Gasteiger partial charge in [-0.05, 0) is 68.1 Å². The highest BCUT2D eigenvalue weighted by Gasteiger charge is 2.40. The summed E-state index contributed by atoms with van der Waals surface area (Å²) in [7, 11) is 0. The average molecular weight is 271 g/mol. The Morgan fingerprint density at radius 1 is 1.15 bits per heavy atom. The van der Waals surface area contributed by atoms with Crippen LogP contribution in [0.5, 0.6) is 0 Å². The first-order chi connectivity index (χ1) is 9.81. The zero-order chi connectivity index (χ0) is 13.5. The first-order valence-corrected chi connectivity index (χ1v) is 8.30. The zero-order valence-electron chi connectivity index (χ0n) is 12.4. The number of rotatable bonds is 4. The lowest BCUT2D eigenvalue weighted by Crippen LogP contribution is -2.39. The van der Waals surface area contributed by atoms with E-state index in [1.54, 1.807) is 11.1 Å². The fourth-order valence-corrected chi connectivity index (χ4v) is 3.96. The molecular formula is C18H25NO. The molecule has 0 bridgehead atoms. The molecule has 3 atom stereocenters. The minimum atomic E-state index is 0.439. The number of fused-ring (bicyclic) bond motifs is 1. The van der Waals surface area contributed by atoms with Gasteiger partial charge in [-0.3, -0.25) is 0 Å². The molecular weight excluding hydrogens is 246 g/mol. The quantitative estimate of drug-likeness (QED) is 0.906. The summed E-state index contributed by atoms with van der Waals surface area (Å²) >= 11 is 0. The lowest BCUT2D eigenvalue weighted by molar-refractivity contribution is 0.0793. The Labute approximate surface area is 121 Å². The number of hydrogen-bond acceptors (Lipinski definition) is 2. The fourth-order valence-electron chi connectivity index (χ4n) is 3.96. The van der Waals surface area contributed by atoms with Crippen LogP contribution in [0.1, 0.15) is 55.3 Å². The first-order valence-electron chi connectivity index (χ1n) is 8.30. The average Bonchev–Trinajstić information content (AvgIpc) is 3.01. The molecule has 1 saturated heterocycles. The Hall–Kier alpha value is -0.860. The summed E-state index contributed by atoms with van der Waals surface area (Å²) in [6.45, 7) is 3.24. The Bertz CT molecular complexity index is 494. The molecule has 0 amide bonds.